The number of benzene rings is 2. The Labute approximate surface area is 232 Å². The fourth-order valence-corrected chi connectivity index (χ4v) is 4.55. The zero-order valence-electron chi connectivity index (χ0n) is 22.4. The molecule has 1 amide bonds. The van der Waals surface area contributed by atoms with Gasteiger partial charge < -0.3 is 24.3 Å². The van der Waals surface area contributed by atoms with Crippen molar-refractivity contribution in [1.82, 2.24) is 20.1 Å². The van der Waals surface area contributed by atoms with Crippen LogP contribution in [-0.4, -0.2) is 53.7 Å². The number of aromatic nitrogens is 3. The van der Waals surface area contributed by atoms with Gasteiger partial charge in [-0.05, 0) is 61.6 Å². The number of pyridine rings is 1. The molecule has 0 saturated carbocycles. The average Bonchev–Trinajstić information content (AvgIpc) is 3.39. The molecule has 208 valence electrons. The van der Waals surface area contributed by atoms with Gasteiger partial charge in [0.1, 0.15) is 23.7 Å². The number of amides is 1. The molecule has 10 nitrogen and oxygen atoms in total. The molecule has 1 unspecified atom stereocenters. The molecule has 4 aromatic rings. The lowest BCUT2D eigenvalue weighted by atomic mass is 10.1. The molecule has 3 heterocycles. The summed E-state index contributed by atoms with van der Waals surface area (Å²) in [4.78, 5) is 28.6. The number of hydrogen-bond donors (Lipinski definition) is 1. The van der Waals surface area contributed by atoms with Gasteiger partial charge in [0.05, 0.1) is 24.9 Å². The summed E-state index contributed by atoms with van der Waals surface area (Å²) in [5.74, 6) is 0.149. The Kier molecular flexibility index (Phi) is 8.87. The number of carbonyl (C=O) groups is 2. The lowest BCUT2D eigenvalue weighted by molar-refractivity contribution is -0.0365. The van der Waals surface area contributed by atoms with Crippen LogP contribution in [0.25, 0.3) is 22.3 Å². The van der Waals surface area contributed by atoms with E-state index < -0.39 is 12.1 Å². The van der Waals surface area contributed by atoms with Gasteiger partial charge in [0.25, 0.3) is 0 Å². The van der Waals surface area contributed by atoms with Crippen molar-refractivity contribution in [2.24, 2.45) is 0 Å². The van der Waals surface area contributed by atoms with E-state index in [-0.39, 0.29) is 18.5 Å². The fourth-order valence-electron chi connectivity index (χ4n) is 4.55. The summed E-state index contributed by atoms with van der Waals surface area (Å²) in [7, 11) is 1.33. The van der Waals surface area contributed by atoms with E-state index >= 15 is 0 Å². The number of nitrogens with zero attached hydrogens (tertiary/aromatic N) is 3. The van der Waals surface area contributed by atoms with E-state index in [0.717, 1.165) is 35.7 Å². The van der Waals surface area contributed by atoms with Crippen LogP contribution in [0.5, 0.6) is 5.75 Å². The van der Waals surface area contributed by atoms with Crippen LogP contribution >= 0.6 is 0 Å². The predicted molar refractivity (Wildman–Crippen MR) is 148 cm³/mol. The third kappa shape index (κ3) is 6.58. The topological polar surface area (TPSA) is 114 Å². The second-order valence-electron chi connectivity index (χ2n) is 9.38. The normalized spacial score (nSPS) is 15.0. The molecule has 0 spiro atoms. The van der Waals surface area contributed by atoms with E-state index in [4.69, 9.17) is 24.0 Å². The molecule has 1 aliphatic heterocycles. The number of alkyl carbamates (subject to hydrolysis) is 1. The maximum Gasteiger partial charge on any atom is 0.407 e. The molecule has 40 heavy (non-hydrogen) atoms. The van der Waals surface area contributed by atoms with Crippen LogP contribution in [0.3, 0.4) is 0 Å². The molecule has 0 radical (unpaired) electrons. The Morgan fingerprint density at radius 3 is 2.75 bits per heavy atom. The summed E-state index contributed by atoms with van der Waals surface area (Å²) >= 11 is 0. The van der Waals surface area contributed by atoms with Crippen LogP contribution in [0.15, 0.2) is 66.7 Å². The SMILES string of the molecule is COC(=O)c1cccc(-c2nn(C3CCCCO3)c3ccc(OCCCNC(=O)OCc4ccccc4)cc23)n1. The Balaban J connectivity index is 1.26. The Morgan fingerprint density at radius 1 is 1.07 bits per heavy atom. The van der Waals surface area contributed by atoms with Crippen LogP contribution in [0.2, 0.25) is 0 Å². The van der Waals surface area contributed by atoms with E-state index in [1.807, 2.05) is 59.3 Å². The summed E-state index contributed by atoms with van der Waals surface area (Å²) < 4.78 is 24.0. The minimum atomic E-state index is -0.511. The first-order chi connectivity index (χ1) is 19.6. The second-order valence-corrected chi connectivity index (χ2v) is 9.38. The van der Waals surface area contributed by atoms with Crippen molar-refractivity contribution >= 4 is 23.0 Å². The van der Waals surface area contributed by atoms with Gasteiger partial charge in [-0.3, -0.25) is 0 Å². The number of methoxy groups -OCH3 is 1. The first-order valence-electron chi connectivity index (χ1n) is 13.4. The molecular weight excluding hydrogens is 512 g/mol. The van der Waals surface area contributed by atoms with Gasteiger partial charge in [0, 0.05) is 18.5 Å². The molecule has 1 aliphatic rings. The molecule has 0 aliphatic carbocycles. The van der Waals surface area contributed by atoms with Crippen LogP contribution in [0, 0.1) is 0 Å². The lowest BCUT2D eigenvalue weighted by Crippen LogP contribution is -2.26. The van der Waals surface area contributed by atoms with Gasteiger partial charge in [-0.2, -0.15) is 5.10 Å². The van der Waals surface area contributed by atoms with Crippen LogP contribution in [0.1, 0.15) is 48.0 Å². The van der Waals surface area contributed by atoms with Crippen molar-refractivity contribution in [3.8, 4) is 17.1 Å². The number of nitrogens with one attached hydrogen (secondary N) is 1. The summed E-state index contributed by atoms with van der Waals surface area (Å²) in [6.45, 7) is 1.73. The van der Waals surface area contributed by atoms with E-state index in [1.165, 1.54) is 7.11 Å². The van der Waals surface area contributed by atoms with Crippen molar-refractivity contribution in [2.75, 3.05) is 26.9 Å². The van der Waals surface area contributed by atoms with Gasteiger partial charge in [0.2, 0.25) is 0 Å². The molecule has 1 atom stereocenters. The van der Waals surface area contributed by atoms with E-state index in [1.54, 1.807) is 12.1 Å². The van der Waals surface area contributed by atoms with E-state index in [9.17, 15) is 9.59 Å². The van der Waals surface area contributed by atoms with Gasteiger partial charge >= 0.3 is 12.1 Å². The highest BCUT2D eigenvalue weighted by atomic mass is 16.5. The summed E-state index contributed by atoms with van der Waals surface area (Å²) in [6, 6.07) is 20.5. The average molecular weight is 545 g/mol. The molecule has 10 heteroatoms. The highest BCUT2D eigenvalue weighted by Gasteiger charge is 2.23. The van der Waals surface area contributed by atoms with Crippen LogP contribution in [0.4, 0.5) is 4.79 Å². The first-order valence-corrected chi connectivity index (χ1v) is 13.4. The fraction of sp³-hybridized carbons (Fsp3) is 0.333. The molecule has 1 N–H and O–H groups in total. The third-order valence-electron chi connectivity index (χ3n) is 6.56. The number of hydrogen-bond acceptors (Lipinski definition) is 8. The quantitative estimate of drug-likeness (QED) is 0.212. The van der Waals surface area contributed by atoms with Crippen LogP contribution in [-0.2, 0) is 20.8 Å². The van der Waals surface area contributed by atoms with Gasteiger partial charge in [0.15, 0.2) is 6.23 Å². The third-order valence-corrected chi connectivity index (χ3v) is 6.56. The largest absolute Gasteiger partial charge is 0.494 e. The zero-order chi connectivity index (χ0) is 27.7. The smallest absolute Gasteiger partial charge is 0.407 e. The van der Waals surface area contributed by atoms with E-state index in [0.29, 0.717) is 43.3 Å². The Bertz CT molecular complexity index is 1450. The highest BCUT2D eigenvalue weighted by molar-refractivity contribution is 5.94. The molecule has 1 saturated heterocycles. The minimum Gasteiger partial charge on any atom is -0.494 e. The van der Waals surface area contributed by atoms with Crippen molar-refractivity contribution < 1.29 is 28.5 Å². The predicted octanol–water partition coefficient (Wildman–Crippen LogP) is 5.28. The van der Waals surface area contributed by atoms with Crippen molar-refractivity contribution in [1.29, 1.82) is 0 Å². The summed E-state index contributed by atoms with van der Waals surface area (Å²) in [5.41, 5.74) is 3.21. The van der Waals surface area contributed by atoms with Gasteiger partial charge in [-0.1, -0.05) is 36.4 Å². The number of fused-ring (bicyclic) bond motifs is 1. The lowest BCUT2D eigenvalue weighted by Gasteiger charge is -2.23. The Morgan fingerprint density at radius 2 is 1.95 bits per heavy atom. The zero-order valence-corrected chi connectivity index (χ0v) is 22.4. The molecular formula is C30H32N4O6. The minimum absolute atomic E-state index is 0.173. The monoisotopic (exact) mass is 544 g/mol. The molecule has 2 aromatic heterocycles. The van der Waals surface area contributed by atoms with Gasteiger partial charge in [-0.15, -0.1) is 0 Å². The maximum absolute atomic E-state index is 12.1. The van der Waals surface area contributed by atoms with E-state index in [2.05, 4.69) is 10.3 Å². The van der Waals surface area contributed by atoms with Crippen molar-refractivity contribution in [2.45, 2.75) is 38.5 Å². The van der Waals surface area contributed by atoms with Crippen LogP contribution < -0.4 is 10.1 Å². The summed E-state index contributed by atoms with van der Waals surface area (Å²) in [6.07, 6.45) is 2.92. The first kappa shape index (κ1) is 27.1. The molecule has 0 bridgehead atoms. The standard InChI is InChI=1S/C30H32N4O6/c1-37-29(35)25-12-7-11-24(32-25)28-23-19-22(14-15-26(23)34(33-28)27-13-5-6-17-39-27)38-18-8-16-31-30(36)40-20-21-9-3-2-4-10-21/h2-4,7,9-12,14-15,19,27H,5-6,8,13,16-18,20H2,1H3,(H,31,36). The number of ether oxygens (including phenoxy) is 4. The number of carbonyl (C=O) groups excluding carboxylic acids is 2. The number of rotatable bonds is 10. The Hall–Kier alpha value is -4.44. The molecule has 1 fully saturated rings. The number of esters is 1. The second kappa shape index (κ2) is 13.1. The van der Waals surface area contributed by atoms with Gasteiger partial charge in [-0.25, -0.2) is 19.3 Å². The summed E-state index contributed by atoms with van der Waals surface area (Å²) in [5, 5.41) is 8.46. The maximum atomic E-state index is 12.1. The highest BCUT2D eigenvalue weighted by Crippen LogP contribution is 2.34. The van der Waals surface area contributed by atoms with Crippen molar-refractivity contribution in [3.63, 3.8) is 0 Å². The molecule has 2 aromatic carbocycles. The van der Waals surface area contributed by atoms with Crippen molar-refractivity contribution in [3.05, 3.63) is 78.0 Å². The molecule has 5 rings (SSSR count).